The summed E-state index contributed by atoms with van der Waals surface area (Å²) in [6.45, 7) is 9.29. The van der Waals surface area contributed by atoms with Gasteiger partial charge in [-0.05, 0) is 47.0 Å². The summed E-state index contributed by atoms with van der Waals surface area (Å²) in [5.74, 6) is 0.602. The fourth-order valence-corrected chi connectivity index (χ4v) is 3.92. The van der Waals surface area contributed by atoms with Gasteiger partial charge in [-0.1, -0.05) is 32.1 Å². The van der Waals surface area contributed by atoms with Gasteiger partial charge in [0.05, 0.1) is 12.6 Å². The molecule has 0 bridgehead atoms. The third-order valence-electron chi connectivity index (χ3n) is 4.85. The van der Waals surface area contributed by atoms with Crippen molar-refractivity contribution in [2.45, 2.75) is 96.6 Å². The van der Waals surface area contributed by atoms with E-state index in [0.29, 0.717) is 5.92 Å². The Morgan fingerprint density at radius 1 is 1.26 bits per heavy atom. The Kier molecular flexibility index (Phi) is 5.62. The highest BCUT2D eigenvalue weighted by atomic mass is 16.6. The molecule has 2 atom stereocenters. The van der Waals surface area contributed by atoms with Crippen molar-refractivity contribution in [3.05, 3.63) is 0 Å². The third-order valence-corrected chi connectivity index (χ3v) is 4.85. The van der Waals surface area contributed by atoms with E-state index in [4.69, 9.17) is 9.47 Å². The van der Waals surface area contributed by atoms with Gasteiger partial charge in [0.25, 0.3) is 0 Å². The molecule has 2 fully saturated rings. The number of aliphatic hydroxyl groups excluding tert-OH is 1. The van der Waals surface area contributed by atoms with Crippen LogP contribution < -0.4 is 0 Å². The number of carbonyl (C=O) groups is 1. The number of aliphatic hydroxyl groups is 1. The first-order chi connectivity index (χ1) is 10.6. The number of nitrogens with zero attached hydrogens (tertiary/aromatic N) is 1. The summed E-state index contributed by atoms with van der Waals surface area (Å²) in [4.78, 5) is 14.4. The maximum atomic E-state index is 12.7. The second-order valence-corrected chi connectivity index (χ2v) is 8.44. The van der Waals surface area contributed by atoms with E-state index in [2.05, 4.69) is 0 Å². The molecule has 0 radical (unpaired) electrons. The van der Waals surface area contributed by atoms with Crippen LogP contribution >= 0.6 is 0 Å². The Hall–Kier alpha value is -0.810. The maximum Gasteiger partial charge on any atom is 0.412 e. The van der Waals surface area contributed by atoms with Crippen LogP contribution in [0.2, 0.25) is 0 Å². The minimum absolute atomic E-state index is 0.0693. The summed E-state index contributed by atoms with van der Waals surface area (Å²) in [5.41, 5.74) is -1.30. The van der Waals surface area contributed by atoms with Gasteiger partial charge in [-0.15, -0.1) is 0 Å². The van der Waals surface area contributed by atoms with Gasteiger partial charge in [0.1, 0.15) is 17.4 Å². The quantitative estimate of drug-likeness (QED) is 0.859. The van der Waals surface area contributed by atoms with Crippen LogP contribution in [0.15, 0.2) is 0 Å². The zero-order chi connectivity index (χ0) is 17.3. The Balaban J connectivity index is 2.16. The summed E-state index contributed by atoms with van der Waals surface area (Å²) in [6.07, 6.45) is 6.44. The Morgan fingerprint density at radius 3 is 2.39 bits per heavy atom. The molecule has 134 valence electrons. The molecule has 2 aliphatic rings. The molecule has 5 nitrogen and oxygen atoms in total. The van der Waals surface area contributed by atoms with E-state index in [9.17, 15) is 9.90 Å². The second-order valence-electron chi connectivity index (χ2n) is 8.44. The van der Waals surface area contributed by atoms with Crippen LogP contribution in [0.5, 0.6) is 0 Å². The van der Waals surface area contributed by atoms with Crippen molar-refractivity contribution in [3.8, 4) is 0 Å². The van der Waals surface area contributed by atoms with Crippen molar-refractivity contribution in [1.29, 1.82) is 0 Å². The molecule has 1 N–H and O–H groups in total. The van der Waals surface area contributed by atoms with E-state index >= 15 is 0 Å². The van der Waals surface area contributed by atoms with Gasteiger partial charge in [0.15, 0.2) is 0 Å². The maximum absolute atomic E-state index is 12.7. The number of carbonyl (C=O) groups excluding carboxylic acids is 1. The van der Waals surface area contributed by atoms with Crippen LogP contribution in [-0.2, 0) is 9.47 Å². The Bertz CT molecular complexity index is 410. The van der Waals surface area contributed by atoms with Crippen LogP contribution in [0.4, 0.5) is 4.79 Å². The summed E-state index contributed by atoms with van der Waals surface area (Å²) in [5, 5.41) is 9.73. The van der Waals surface area contributed by atoms with E-state index in [1.807, 2.05) is 34.6 Å². The van der Waals surface area contributed by atoms with Crippen molar-refractivity contribution in [3.63, 3.8) is 0 Å². The number of rotatable bonds is 3. The van der Waals surface area contributed by atoms with Crippen molar-refractivity contribution in [1.82, 2.24) is 4.90 Å². The molecule has 23 heavy (non-hydrogen) atoms. The predicted molar refractivity (Wildman–Crippen MR) is 89.1 cm³/mol. The summed E-state index contributed by atoms with van der Waals surface area (Å²) >= 11 is 0. The topological polar surface area (TPSA) is 59.0 Å². The average Bonchev–Trinajstić information content (AvgIpc) is 2.68. The number of hydrogen-bond donors (Lipinski definition) is 1. The van der Waals surface area contributed by atoms with Crippen molar-refractivity contribution >= 4 is 6.09 Å². The van der Waals surface area contributed by atoms with Crippen LogP contribution in [0.3, 0.4) is 0 Å². The average molecular weight is 327 g/mol. The van der Waals surface area contributed by atoms with Gasteiger partial charge < -0.3 is 14.6 Å². The van der Waals surface area contributed by atoms with Gasteiger partial charge in [-0.2, -0.15) is 0 Å². The van der Waals surface area contributed by atoms with E-state index in [-0.39, 0.29) is 24.8 Å². The zero-order valence-electron chi connectivity index (χ0n) is 15.3. The number of ether oxygens (including phenoxy) is 2. The van der Waals surface area contributed by atoms with Gasteiger partial charge in [0.2, 0.25) is 0 Å². The number of hydrogen-bond acceptors (Lipinski definition) is 4. The van der Waals surface area contributed by atoms with Gasteiger partial charge in [-0.25, -0.2) is 4.79 Å². The summed E-state index contributed by atoms with van der Waals surface area (Å²) in [7, 11) is 0. The molecule has 0 aromatic rings. The molecule has 0 unspecified atom stereocenters. The first-order valence-corrected chi connectivity index (χ1v) is 8.95. The number of amides is 1. The fraction of sp³-hybridized carbons (Fsp3) is 0.944. The standard InChI is InChI=1S/C18H33NO4/c1-17(2,3)23-16(21)19-14(11-13-9-7-6-8-10-13)15(12-20)22-18(19,4)5/h13-15,20H,6-12H2,1-5H3/t14-,15-/m0/s1. The van der Waals surface area contributed by atoms with Crippen molar-refractivity contribution in [2.24, 2.45) is 5.92 Å². The molecular formula is C18H33NO4. The molecule has 1 aliphatic heterocycles. The molecule has 1 saturated carbocycles. The van der Waals surface area contributed by atoms with E-state index in [1.165, 1.54) is 32.1 Å². The van der Waals surface area contributed by atoms with E-state index in [1.54, 1.807) is 4.90 Å². The van der Waals surface area contributed by atoms with Crippen LogP contribution in [0.1, 0.15) is 73.1 Å². The lowest BCUT2D eigenvalue weighted by atomic mass is 9.83. The minimum atomic E-state index is -0.755. The summed E-state index contributed by atoms with van der Waals surface area (Å²) in [6, 6.07) is -0.118. The largest absolute Gasteiger partial charge is 0.444 e. The second kappa shape index (κ2) is 6.98. The normalized spacial score (nSPS) is 28.9. The molecular weight excluding hydrogens is 294 g/mol. The van der Waals surface area contributed by atoms with Crippen molar-refractivity contribution < 1.29 is 19.4 Å². The Morgan fingerprint density at radius 2 is 1.87 bits per heavy atom. The monoisotopic (exact) mass is 327 g/mol. The van der Waals surface area contributed by atoms with Gasteiger partial charge in [0, 0.05) is 0 Å². The molecule has 2 rings (SSSR count). The van der Waals surface area contributed by atoms with Crippen LogP contribution in [-0.4, -0.2) is 46.2 Å². The van der Waals surface area contributed by atoms with Gasteiger partial charge >= 0.3 is 6.09 Å². The summed E-state index contributed by atoms with van der Waals surface area (Å²) < 4.78 is 11.6. The molecule has 0 aromatic carbocycles. The van der Waals surface area contributed by atoms with Crippen LogP contribution in [0, 0.1) is 5.92 Å². The van der Waals surface area contributed by atoms with Crippen LogP contribution in [0.25, 0.3) is 0 Å². The zero-order valence-corrected chi connectivity index (χ0v) is 15.3. The molecule has 1 aliphatic carbocycles. The first kappa shape index (κ1) is 18.5. The SMILES string of the molecule is CC(C)(C)OC(=O)N1[C@@H](CC2CCCCC2)[C@H](CO)OC1(C)C. The first-order valence-electron chi connectivity index (χ1n) is 8.95. The minimum Gasteiger partial charge on any atom is -0.444 e. The van der Waals surface area contributed by atoms with Crippen molar-refractivity contribution in [2.75, 3.05) is 6.61 Å². The van der Waals surface area contributed by atoms with E-state index < -0.39 is 11.3 Å². The highest BCUT2D eigenvalue weighted by Crippen LogP contribution is 2.39. The van der Waals surface area contributed by atoms with E-state index in [0.717, 1.165) is 6.42 Å². The third kappa shape index (κ3) is 4.60. The highest BCUT2D eigenvalue weighted by Gasteiger charge is 2.51. The lowest BCUT2D eigenvalue weighted by Crippen LogP contribution is -2.51. The molecule has 0 spiro atoms. The molecule has 1 amide bonds. The Labute approximate surface area is 140 Å². The molecule has 5 heteroatoms. The molecule has 1 heterocycles. The lowest BCUT2D eigenvalue weighted by molar-refractivity contribution is -0.0866. The fourth-order valence-electron chi connectivity index (χ4n) is 3.92. The highest BCUT2D eigenvalue weighted by molar-refractivity contribution is 5.70. The predicted octanol–water partition coefficient (Wildman–Crippen LogP) is 3.69. The van der Waals surface area contributed by atoms with Gasteiger partial charge in [-0.3, -0.25) is 4.90 Å². The smallest absolute Gasteiger partial charge is 0.412 e. The molecule has 1 saturated heterocycles. The molecule has 0 aromatic heterocycles. The lowest BCUT2D eigenvalue weighted by Gasteiger charge is -2.36.